The Morgan fingerprint density at radius 3 is 3.25 bits per heavy atom. The van der Waals surface area contributed by atoms with Crippen molar-refractivity contribution in [3.8, 4) is 0 Å². The Kier molecular flexibility index (Phi) is 1.73. The summed E-state index contributed by atoms with van der Waals surface area (Å²) in [5, 5.41) is 0. The van der Waals surface area contributed by atoms with Crippen molar-refractivity contribution in [2.75, 3.05) is 18.5 Å². The third-order valence-electron chi connectivity index (χ3n) is 2.36. The van der Waals surface area contributed by atoms with Crippen LogP contribution >= 0.6 is 0 Å². The molecule has 0 amide bonds. The third-order valence-corrected chi connectivity index (χ3v) is 2.36. The average Bonchev–Trinajstić information content (AvgIpc) is 2.47. The molecule has 1 aromatic rings. The summed E-state index contributed by atoms with van der Waals surface area (Å²) in [4.78, 5) is 6.48. The van der Waals surface area contributed by atoms with E-state index in [0.29, 0.717) is 6.54 Å². The van der Waals surface area contributed by atoms with Gasteiger partial charge in [0.05, 0.1) is 17.6 Å². The minimum Gasteiger partial charge on any atom is -0.373 e. The molecule has 1 aliphatic rings. The van der Waals surface area contributed by atoms with Gasteiger partial charge in [-0.05, 0) is 18.1 Å². The number of likely N-dealkylation sites (N-methyl/N-ethyl adjacent to an activating group) is 1. The van der Waals surface area contributed by atoms with Crippen molar-refractivity contribution in [1.29, 1.82) is 0 Å². The fourth-order valence-corrected chi connectivity index (χ4v) is 1.60. The standard InChI is InChI=1S/C9H13N3/c1-12-3-2-7-4-8(5-10)11-6-9(7)12/h4,6H,2-3,5,10H2,1H3. The van der Waals surface area contributed by atoms with Crippen LogP contribution in [0.15, 0.2) is 12.3 Å². The quantitative estimate of drug-likeness (QED) is 0.656. The maximum absolute atomic E-state index is 5.50. The number of rotatable bonds is 1. The third kappa shape index (κ3) is 1.06. The summed E-state index contributed by atoms with van der Waals surface area (Å²) in [6.45, 7) is 1.64. The molecule has 0 atom stereocenters. The monoisotopic (exact) mass is 163 g/mol. The van der Waals surface area contributed by atoms with Crippen LogP contribution in [-0.2, 0) is 13.0 Å². The molecule has 0 saturated carbocycles. The van der Waals surface area contributed by atoms with Gasteiger partial charge < -0.3 is 10.6 Å². The lowest BCUT2D eigenvalue weighted by molar-refractivity contribution is 0.955. The number of pyridine rings is 1. The van der Waals surface area contributed by atoms with Crippen LogP contribution in [-0.4, -0.2) is 18.6 Å². The molecule has 3 nitrogen and oxygen atoms in total. The molecule has 0 fully saturated rings. The first-order chi connectivity index (χ1) is 5.81. The van der Waals surface area contributed by atoms with Crippen molar-refractivity contribution in [1.82, 2.24) is 4.98 Å². The smallest absolute Gasteiger partial charge is 0.0583 e. The molecule has 1 aliphatic heterocycles. The molecule has 64 valence electrons. The molecule has 2 rings (SSSR count). The van der Waals surface area contributed by atoms with Gasteiger partial charge in [0.2, 0.25) is 0 Å². The second-order valence-corrected chi connectivity index (χ2v) is 3.18. The molecule has 3 heteroatoms. The molecule has 0 aliphatic carbocycles. The van der Waals surface area contributed by atoms with Crippen LogP contribution in [0.1, 0.15) is 11.3 Å². The zero-order chi connectivity index (χ0) is 8.55. The van der Waals surface area contributed by atoms with E-state index in [1.54, 1.807) is 0 Å². The van der Waals surface area contributed by atoms with E-state index < -0.39 is 0 Å². The summed E-state index contributed by atoms with van der Waals surface area (Å²) in [6, 6.07) is 2.11. The average molecular weight is 163 g/mol. The van der Waals surface area contributed by atoms with Gasteiger partial charge in [-0.25, -0.2) is 0 Å². The van der Waals surface area contributed by atoms with E-state index in [1.165, 1.54) is 11.3 Å². The van der Waals surface area contributed by atoms with Crippen LogP contribution in [0, 0.1) is 0 Å². The van der Waals surface area contributed by atoms with Crippen molar-refractivity contribution < 1.29 is 0 Å². The number of hydrogen-bond acceptors (Lipinski definition) is 3. The Morgan fingerprint density at radius 2 is 2.50 bits per heavy atom. The van der Waals surface area contributed by atoms with Crippen LogP contribution in [0.3, 0.4) is 0 Å². The number of anilines is 1. The zero-order valence-corrected chi connectivity index (χ0v) is 7.25. The van der Waals surface area contributed by atoms with E-state index in [0.717, 1.165) is 18.7 Å². The van der Waals surface area contributed by atoms with E-state index in [4.69, 9.17) is 5.73 Å². The first-order valence-electron chi connectivity index (χ1n) is 4.20. The van der Waals surface area contributed by atoms with Gasteiger partial charge in [-0.3, -0.25) is 4.98 Å². The van der Waals surface area contributed by atoms with Crippen LogP contribution in [0.5, 0.6) is 0 Å². The number of nitrogens with zero attached hydrogens (tertiary/aromatic N) is 2. The van der Waals surface area contributed by atoms with Crippen molar-refractivity contribution in [3.05, 3.63) is 23.5 Å². The lowest BCUT2D eigenvalue weighted by atomic mass is 10.2. The van der Waals surface area contributed by atoms with Gasteiger partial charge >= 0.3 is 0 Å². The van der Waals surface area contributed by atoms with E-state index in [9.17, 15) is 0 Å². The molecule has 0 bridgehead atoms. The number of hydrogen-bond donors (Lipinski definition) is 1. The molecule has 1 aromatic heterocycles. The first kappa shape index (κ1) is 7.55. The molecule has 2 N–H and O–H groups in total. The van der Waals surface area contributed by atoms with Crippen molar-refractivity contribution in [3.63, 3.8) is 0 Å². The highest BCUT2D eigenvalue weighted by atomic mass is 15.1. The number of nitrogens with two attached hydrogens (primary N) is 1. The fraction of sp³-hybridized carbons (Fsp3) is 0.444. The van der Waals surface area contributed by atoms with Gasteiger partial charge in [0, 0.05) is 20.1 Å². The molecular formula is C9H13N3. The van der Waals surface area contributed by atoms with Crippen molar-refractivity contribution >= 4 is 5.69 Å². The summed E-state index contributed by atoms with van der Waals surface area (Å²) in [6.07, 6.45) is 3.05. The number of aromatic nitrogens is 1. The second-order valence-electron chi connectivity index (χ2n) is 3.18. The molecule has 2 heterocycles. The predicted octanol–water partition coefficient (Wildman–Crippen LogP) is 0.533. The highest BCUT2D eigenvalue weighted by Gasteiger charge is 2.15. The Morgan fingerprint density at radius 1 is 1.67 bits per heavy atom. The normalized spacial score (nSPS) is 15.0. The highest BCUT2D eigenvalue weighted by Crippen LogP contribution is 2.25. The van der Waals surface area contributed by atoms with Crippen LogP contribution in [0.4, 0.5) is 5.69 Å². The summed E-state index contributed by atoms with van der Waals surface area (Å²) in [5.74, 6) is 0. The van der Waals surface area contributed by atoms with Gasteiger partial charge in [-0.1, -0.05) is 0 Å². The van der Waals surface area contributed by atoms with Crippen LogP contribution < -0.4 is 10.6 Å². The summed E-state index contributed by atoms with van der Waals surface area (Å²) < 4.78 is 0. The van der Waals surface area contributed by atoms with Gasteiger partial charge in [-0.2, -0.15) is 0 Å². The van der Waals surface area contributed by atoms with Gasteiger partial charge in [0.25, 0.3) is 0 Å². The van der Waals surface area contributed by atoms with E-state index in [1.807, 2.05) is 6.20 Å². The van der Waals surface area contributed by atoms with Crippen molar-refractivity contribution in [2.45, 2.75) is 13.0 Å². The maximum Gasteiger partial charge on any atom is 0.0583 e. The molecule has 0 aromatic carbocycles. The fourth-order valence-electron chi connectivity index (χ4n) is 1.60. The Labute approximate surface area is 72.2 Å². The lowest BCUT2D eigenvalue weighted by Crippen LogP contribution is -2.12. The van der Waals surface area contributed by atoms with Crippen LogP contribution in [0.2, 0.25) is 0 Å². The highest BCUT2D eigenvalue weighted by molar-refractivity contribution is 5.56. The van der Waals surface area contributed by atoms with E-state index >= 15 is 0 Å². The van der Waals surface area contributed by atoms with Gasteiger partial charge in [0.1, 0.15) is 0 Å². The zero-order valence-electron chi connectivity index (χ0n) is 7.25. The van der Waals surface area contributed by atoms with Crippen LogP contribution in [0.25, 0.3) is 0 Å². The minimum absolute atomic E-state index is 0.539. The molecule has 0 spiro atoms. The Balaban J connectivity index is 2.41. The molecular weight excluding hydrogens is 150 g/mol. The molecule has 0 radical (unpaired) electrons. The minimum atomic E-state index is 0.539. The largest absolute Gasteiger partial charge is 0.373 e. The topological polar surface area (TPSA) is 42.1 Å². The molecule has 0 saturated heterocycles. The predicted molar refractivity (Wildman–Crippen MR) is 49.1 cm³/mol. The van der Waals surface area contributed by atoms with E-state index in [-0.39, 0.29) is 0 Å². The lowest BCUT2D eigenvalue weighted by Gasteiger charge is -2.10. The summed E-state index contributed by atoms with van der Waals surface area (Å²) in [7, 11) is 2.09. The Hall–Kier alpha value is -1.09. The Bertz CT molecular complexity index is 296. The summed E-state index contributed by atoms with van der Waals surface area (Å²) in [5.41, 5.74) is 9.13. The number of fused-ring (bicyclic) bond motifs is 1. The second kappa shape index (κ2) is 2.75. The van der Waals surface area contributed by atoms with Gasteiger partial charge in [-0.15, -0.1) is 0 Å². The SMILES string of the molecule is CN1CCc2cc(CN)ncc21. The molecule has 0 unspecified atom stereocenters. The van der Waals surface area contributed by atoms with E-state index in [2.05, 4.69) is 23.0 Å². The summed E-state index contributed by atoms with van der Waals surface area (Å²) >= 11 is 0. The maximum atomic E-state index is 5.50. The first-order valence-corrected chi connectivity index (χ1v) is 4.20. The molecule has 12 heavy (non-hydrogen) atoms. The van der Waals surface area contributed by atoms with Gasteiger partial charge in [0.15, 0.2) is 0 Å². The van der Waals surface area contributed by atoms with Crippen molar-refractivity contribution in [2.24, 2.45) is 5.73 Å².